The summed E-state index contributed by atoms with van der Waals surface area (Å²) in [5.74, 6) is 0.560. The largest absolute Gasteiger partial charge is 0.396 e. The lowest BCUT2D eigenvalue weighted by molar-refractivity contribution is -0.112. The first kappa shape index (κ1) is 9.63. The van der Waals surface area contributed by atoms with Crippen LogP contribution in [0.15, 0.2) is 0 Å². The van der Waals surface area contributed by atoms with E-state index in [1.165, 1.54) is 0 Å². The van der Waals surface area contributed by atoms with E-state index in [1.54, 1.807) is 0 Å². The van der Waals surface area contributed by atoms with E-state index < -0.39 is 0 Å². The van der Waals surface area contributed by atoms with Crippen molar-refractivity contribution in [2.24, 2.45) is 17.8 Å². The van der Waals surface area contributed by atoms with Gasteiger partial charge in [0.25, 0.3) is 0 Å². The zero-order valence-corrected chi connectivity index (χ0v) is 6.87. The predicted octanol–water partition coefficient (Wildman–Crippen LogP) is 1.09. The van der Waals surface area contributed by atoms with Crippen molar-refractivity contribution in [2.75, 3.05) is 6.61 Å². The molecule has 2 nitrogen and oxygen atoms in total. The van der Waals surface area contributed by atoms with Crippen molar-refractivity contribution in [2.45, 2.75) is 20.8 Å². The summed E-state index contributed by atoms with van der Waals surface area (Å²) in [6.07, 6.45) is 0.941. The number of hydrogen-bond donors (Lipinski definition) is 1. The Hall–Kier alpha value is -0.370. The molecule has 10 heavy (non-hydrogen) atoms. The molecular weight excluding hydrogens is 128 g/mol. The Morgan fingerprint density at radius 3 is 2.20 bits per heavy atom. The highest BCUT2D eigenvalue weighted by Gasteiger charge is 2.17. The molecule has 0 saturated carbocycles. The Morgan fingerprint density at radius 2 is 1.90 bits per heavy atom. The van der Waals surface area contributed by atoms with Crippen LogP contribution in [0, 0.1) is 17.8 Å². The fourth-order valence-corrected chi connectivity index (χ4v) is 0.808. The second kappa shape index (κ2) is 4.45. The third kappa shape index (κ3) is 2.48. The van der Waals surface area contributed by atoms with Gasteiger partial charge in [0.05, 0.1) is 0 Å². The zero-order chi connectivity index (χ0) is 8.15. The van der Waals surface area contributed by atoms with Crippen LogP contribution in [0.25, 0.3) is 0 Å². The molecule has 0 spiro atoms. The monoisotopic (exact) mass is 144 g/mol. The topological polar surface area (TPSA) is 37.3 Å². The molecule has 60 valence electrons. The molecule has 0 amide bonds. The summed E-state index contributed by atoms with van der Waals surface area (Å²) in [5, 5.41) is 8.73. The van der Waals surface area contributed by atoms with Gasteiger partial charge in [0, 0.05) is 12.5 Å². The zero-order valence-electron chi connectivity index (χ0n) is 6.87. The molecule has 0 aromatic heterocycles. The smallest absolute Gasteiger partial charge is 0.123 e. The summed E-state index contributed by atoms with van der Waals surface area (Å²) in [4.78, 5) is 10.3. The van der Waals surface area contributed by atoms with E-state index in [2.05, 4.69) is 0 Å². The minimum atomic E-state index is 0.0575. The van der Waals surface area contributed by atoms with Gasteiger partial charge in [-0.15, -0.1) is 0 Å². The van der Waals surface area contributed by atoms with E-state index in [0.29, 0.717) is 0 Å². The Labute approximate surface area is 62.2 Å². The van der Waals surface area contributed by atoms with Crippen molar-refractivity contribution in [1.29, 1.82) is 0 Å². The highest BCUT2D eigenvalue weighted by molar-refractivity contribution is 5.53. The van der Waals surface area contributed by atoms with Crippen LogP contribution in [0.4, 0.5) is 0 Å². The molecule has 0 bridgehead atoms. The molecule has 0 radical (unpaired) electrons. The molecule has 0 aromatic carbocycles. The number of aldehydes is 1. The molecule has 0 saturated heterocycles. The molecule has 0 fully saturated rings. The molecule has 0 aliphatic rings. The molecule has 2 heteroatoms. The van der Waals surface area contributed by atoms with Crippen LogP contribution in [0.5, 0.6) is 0 Å². The average Bonchev–Trinajstić information content (AvgIpc) is 2.00. The first-order valence-electron chi connectivity index (χ1n) is 3.69. The molecule has 3 atom stereocenters. The summed E-state index contributed by atoms with van der Waals surface area (Å²) in [7, 11) is 0. The minimum absolute atomic E-state index is 0.0575. The number of hydrogen-bond acceptors (Lipinski definition) is 2. The number of carbonyl (C=O) groups is 1. The third-order valence-corrected chi connectivity index (χ3v) is 2.23. The molecule has 0 heterocycles. The van der Waals surface area contributed by atoms with Gasteiger partial charge in [-0.25, -0.2) is 0 Å². The number of aliphatic hydroxyl groups excluding tert-OH is 1. The van der Waals surface area contributed by atoms with E-state index in [-0.39, 0.29) is 24.4 Å². The summed E-state index contributed by atoms with van der Waals surface area (Å²) in [5.41, 5.74) is 0. The van der Waals surface area contributed by atoms with Crippen molar-refractivity contribution in [1.82, 2.24) is 0 Å². The van der Waals surface area contributed by atoms with Crippen LogP contribution in [0.2, 0.25) is 0 Å². The quantitative estimate of drug-likeness (QED) is 0.599. The van der Waals surface area contributed by atoms with Gasteiger partial charge in [-0.1, -0.05) is 20.8 Å². The molecule has 0 aliphatic heterocycles. The van der Waals surface area contributed by atoms with Crippen LogP contribution in [0.1, 0.15) is 20.8 Å². The highest BCUT2D eigenvalue weighted by Crippen LogP contribution is 2.17. The molecule has 0 unspecified atom stereocenters. The molecule has 0 aliphatic carbocycles. The summed E-state index contributed by atoms with van der Waals surface area (Å²) >= 11 is 0. The first-order chi connectivity index (χ1) is 4.63. The fraction of sp³-hybridized carbons (Fsp3) is 0.875. The molecule has 0 rings (SSSR count). The lowest BCUT2D eigenvalue weighted by Gasteiger charge is -2.19. The third-order valence-electron chi connectivity index (χ3n) is 2.23. The molecular formula is C8H16O2. The maximum absolute atomic E-state index is 10.3. The predicted molar refractivity (Wildman–Crippen MR) is 40.6 cm³/mol. The lowest BCUT2D eigenvalue weighted by Crippen LogP contribution is -2.20. The Morgan fingerprint density at radius 1 is 1.40 bits per heavy atom. The van der Waals surface area contributed by atoms with Gasteiger partial charge >= 0.3 is 0 Å². The van der Waals surface area contributed by atoms with Gasteiger partial charge in [0.2, 0.25) is 0 Å². The van der Waals surface area contributed by atoms with E-state index in [1.807, 2.05) is 20.8 Å². The van der Waals surface area contributed by atoms with Crippen LogP contribution < -0.4 is 0 Å². The van der Waals surface area contributed by atoms with E-state index >= 15 is 0 Å². The molecule has 1 N–H and O–H groups in total. The van der Waals surface area contributed by atoms with Gasteiger partial charge in [0.1, 0.15) is 6.29 Å². The van der Waals surface area contributed by atoms with Gasteiger partial charge in [-0.3, -0.25) is 0 Å². The van der Waals surface area contributed by atoms with E-state index in [4.69, 9.17) is 5.11 Å². The second-order valence-corrected chi connectivity index (χ2v) is 3.01. The minimum Gasteiger partial charge on any atom is -0.396 e. The number of rotatable bonds is 4. The summed E-state index contributed by atoms with van der Waals surface area (Å²) in [6, 6.07) is 0. The second-order valence-electron chi connectivity index (χ2n) is 3.01. The maximum Gasteiger partial charge on any atom is 0.123 e. The van der Waals surface area contributed by atoms with Crippen molar-refractivity contribution in [3.05, 3.63) is 0 Å². The van der Waals surface area contributed by atoms with Crippen molar-refractivity contribution in [3.63, 3.8) is 0 Å². The van der Waals surface area contributed by atoms with Gasteiger partial charge < -0.3 is 9.90 Å². The van der Waals surface area contributed by atoms with Crippen molar-refractivity contribution in [3.8, 4) is 0 Å². The Kier molecular flexibility index (Phi) is 4.28. The Balaban J connectivity index is 3.80. The Bertz CT molecular complexity index is 101. The summed E-state index contributed by atoms with van der Waals surface area (Å²) < 4.78 is 0. The van der Waals surface area contributed by atoms with E-state index in [0.717, 1.165) is 6.29 Å². The number of carbonyl (C=O) groups excluding carboxylic acids is 1. The fourth-order valence-electron chi connectivity index (χ4n) is 0.808. The van der Waals surface area contributed by atoms with E-state index in [9.17, 15) is 4.79 Å². The molecule has 0 aromatic rings. The van der Waals surface area contributed by atoms with Crippen LogP contribution in [-0.4, -0.2) is 18.0 Å². The van der Waals surface area contributed by atoms with Gasteiger partial charge in [-0.2, -0.15) is 0 Å². The van der Waals surface area contributed by atoms with Crippen molar-refractivity contribution < 1.29 is 9.90 Å². The SMILES string of the molecule is C[C@@H]([C@H](C)CO)[C@@H](C)C=O. The first-order valence-corrected chi connectivity index (χ1v) is 3.69. The van der Waals surface area contributed by atoms with Gasteiger partial charge in [0.15, 0.2) is 0 Å². The average molecular weight is 144 g/mol. The maximum atomic E-state index is 10.3. The van der Waals surface area contributed by atoms with Gasteiger partial charge in [-0.05, 0) is 11.8 Å². The van der Waals surface area contributed by atoms with Crippen LogP contribution >= 0.6 is 0 Å². The number of aliphatic hydroxyl groups is 1. The standard InChI is InChI=1S/C8H16O2/c1-6(4-9)8(3)7(2)5-10/h4,6-8,10H,5H2,1-3H3/t6-,7+,8+/m0/s1. The lowest BCUT2D eigenvalue weighted by atomic mass is 9.86. The van der Waals surface area contributed by atoms with Crippen LogP contribution in [0.3, 0.4) is 0 Å². The highest BCUT2D eigenvalue weighted by atomic mass is 16.3. The normalized spacial score (nSPS) is 19.6. The van der Waals surface area contributed by atoms with Crippen LogP contribution in [-0.2, 0) is 4.79 Å². The summed E-state index contributed by atoms with van der Waals surface area (Å²) in [6.45, 7) is 5.98. The van der Waals surface area contributed by atoms with Crippen molar-refractivity contribution >= 4 is 6.29 Å².